The molecule has 0 bridgehead atoms. The van der Waals surface area contributed by atoms with Gasteiger partial charge in [-0.2, -0.15) is 0 Å². The first kappa shape index (κ1) is 14.7. The Kier molecular flexibility index (Phi) is 3.35. The molecule has 0 radical (unpaired) electrons. The number of amides is 1. The van der Waals surface area contributed by atoms with E-state index in [9.17, 15) is 4.79 Å². The van der Waals surface area contributed by atoms with E-state index in [4.69, 9.17) is 4.42 Å². The Labute approximate surface area is 145 Å². The molecule has 5 heteroatoms. The largest absolute Gasteiger partial charge is 0.440 e. The number of fused-ring (bicyclic) bond motifs is 2. The zero-order valence-corrected chi connectivity index (χ0v) is 13.8. The molecule has 126 valence electrons. The van der Waals surface area contributed by atoms with Crippen molar-refractivity contribution in [3.05, 3.63) is 59.5 Å². The van der Waals surface area contributed by atoms with Crippen LogP contribution in [0.1, 0.15) is 35.8 Å². The molecule has 1 aliphatic heterocycles. The van der Waals surface area contributed by atoms with Crippen molar-refractivity contribution < 1.29 is 9.21 Å². The van der Waals surface area contributed by atoms with Crippen molar-refractivity contribution in [2.24, 2.45) is 0 Å². The average Bonchev–Trinajstić information content (AvgIpc) is 3.41. The molecule has 1 atom stereocenters. The van der Waals surface area contributed by atoms with Crippen LogP contribution in [0.4, 0.5) is 5.69 Å². The van der Waals surface area contributed by atoms with Crippen molar-refractivity contribution >= 4 is 22.7 Å². The van der Waals surface area contributed by atoms with Gasteiger partial charge >= 0.3 is 0 Å². The van der Waals surface area contributed by atoms with Gasteiger partial charge in [0, 0.05) is 18.2 Å². The molecule has 2 heterocycles. The average molecular weight is 333 g/mol. The maximum Gasteiger partial charge on any atom is 0.241 e. The Morgan fingerprint density at radius 2 is 2.00 bits per heavy atom. The molecular weight excluding hydrogens is 314 g/mol. The summed E-state index contributed by atoms with van der Waals surface area (Å²) >= 11 is 0. The van der Waals surface area contributed by atoms with Gasteiger partial charge < -0.3 is 15.1 Å². The first-order valence-electron chi connectivity index (χ1n) is 8.78. The number of benzene rings is 2. The normalized spacial score (nSPS) is 19.6. The summed E-state index contributed by atoms with van der Waals surface area (Å²) in [5, 5.41) is 6.32. The second kappa shape index (κ2) is 5.70. The highest BCUT2D eigenvalue weighted by Crippen LogP contribution is 2.40. The summed E-state index contributed by atoms with van der Waals surface area (Å²) in [6.07, 6.45) is 3.02. The molecule has 5 nitrogen and oxygen atoms in total. The number of hydrogen-bond acceptors (Lipinski definition) is 4. The summed E-state index contributed by atoms with van der Waals surface area (Å²) in [4.78, 5) is 17.2. The lowest BCUT2D eigenvalue weighted by molar-refractivity contribution is -0.118. The lowest BCUT2D eigenvalue weighted by atomic mass is 9.95. The number of carbonyl (C=O) groups is 1. The second-order valence-corrected chi connectivity index (χ2v) is 6.90. The third kappa shape index (κ3) is 2.81. The fourth-order valence-electron chi connectivity index (χ4n) is 3.40. The molecule has 1 saturated carbocycles. The quantitative estimate of drug-likeness (QED) is 0.771. The summed E-state index contributed by atoms with van der Waals surface area (Å²) in [7, 11) is 0. The molecule has 2 aromatic carbocycles. The van der Waals surface area contributed by atoms with Crippen molar-refractivity contribution in [1.82, 2.24) is 10.3 Å². The SMILES string of the molecule is O=C(Nc1ccc2oc(C3CC3)nc2c1)C1Cc2ccccc2CN1. The van der Waals surface area contributed by atoms with Crippen LogP contribution in [0.5, 0.6) is 0 Å². The number of anilines is 1. The van der Waals surface area contributed by atoms with Crippen LogP contribution in [0, 0.1) is 0 Å². The Balaban J connectivity index is 1.33. The number of nitrogens with zero attached hydrogens (tertiary/aromatic N) is 1. The van der Waals surface area contributed by atoms with Crippen LogP contribution in [0.2, 0.25) is 0 Å². The zero-order valence-electron chi connectivity index (χ0n) is 13.8. The van der Waals surface area contributed by atoms with E-state index in [1.165, 1.54) is 11.1 Å². The number of rotatable bonds is 3. The predicted molar refractivity (Wildman–Crippen MR) is 95.4 cm³/mol. The number of oxazole rings is 1. The van der Waals surface area contributed by atoms with Crippen molar-refractivity contribution in [2.45, 2.75) is 37.8 Å². The topological polar surface area (TPSA) is 67.2 Å². The van der Waals surface area contributed by atoms with E-state index >= 15 is 0 Å². The van der Waals surface area contributed by atoms with Crippen molar-refractivity contribution in [3.63, 3.8) is 0 Å². The molecule has 0 spiro atoms. The molecule has 2 aliphatic rings. The fourth-order valence-corrected chi connectivity index (χ4v) is 3.40. The Hall–Kier alpha value is -2.66. The van der Waals surface area contributed by atoms with Gasteiger partial charge in [-0.25, -0.2) is 4.98 Å². The van der Waals surface area contributed by atoms with E-state index in [2.05, 4.69) is 27.8 Å². The van der Waals surface area contributed by atoms with Gasteiger partial charge in [0.25, 0.3) is 0 Å². The van der Waals surface area contributed by atoms with E-state index in [1.807, 2.05) is 30.3 Å². The summed E-state index contributed by atoms with van der Waals surface area (Å²) < 4.78 is 5.77. The van der Waals surface area contributed by atoms with Gasteiger partial charge in [-0.1, -0.05) is 24.3 Å². The van der Waals surface area contributed by atoms with Crippen LogP contribution in [0.15, 0.2) is 46.9 Å². The Bertz CT molecular complexity index is 958. The highest BCUT2D eigenvalue weighted by Gasteiger charge is 2.29. The van der Waals surface area contributed by atoms with Gasteiger partial charge in [0.15, 0.2) is 11.5 Å². The third-order valence-corrected chi connectivity index (χ3v) is 5.00. The van der Waals surface area contributed by atoms with Crippen molar-refractivity contribution in [1.29, 1.82) is 0 Å². The predicted octanol–water partition coefficient (Wildman–Crippen LogP) is 3.36. The summed E-state index contributed by atoms with van der Waals surface area (Å²) in [5.41, 5.74) is 4.85. The highest BCUT2D eigenvalue weighted by molar-refractivity contribution is 5.96. The number of carbonyl (C=O) groups excluding carboxylic acids is 1. The summed E-state index contributed by atoms with van der Waals surface area (Å²) in [6, 6.07) is 13.7. The molecule has 1 fully saturated rings. The molecule has 5 rings (SSSR count). The van der Waals surface area contributed by atoms with Gasteiger partial charge in [0.2, 0.25) is 5.91 Å². The molecule has 25 heavy (non-hydrogen) atoms. The molecule has 1 aromatic heterocycles. The minimum Gasteiger partial charge on any atom is -0.440 e. The van der Waals surface area contributed by atoms with E-state index in [1.54, 1.807) is 0 Å². The van der Waals surface area contributed by atoms with Crippen molar-refractivity contribution in [2.75, 3.05) is 5.32 Å². The number of nitrogens with one attached hydrogen (secondary N) is 2. The van der Waals surface area contributed by atoms with Crippen LogP contribution in [-0.4, -0.2) is 16.9 Å². The van der Waals surface area contributed by atoms with Crippen LogP contribution in [0.3, 0.4) is 0 Å². The summed E-state index contributed by atoms with van der Waals surface area (Å²) in [5.74, 6) is 1.29. The standard InChI is InChI=1S/C20H19N3O2/c24-19(17-9-13-3-1-2-4-14(13)11-21-17)22-15-7-8-18-16(10-15)23-20(25-18)12-5-6-12/h1-4,7-8,10,12,17,21H,5-6,9,11H2,(H,22,24). The maximum absolute atomic E-state index is 12.6. The first-order valence-corrected chi connectivity index (χ1v) is 8.78. The van der Waals surface area contributed by atoms with Gasteiger partial charge in [0.05, 0.1) is 6.04 Å². The van der Waals surface area contributed by atoms with Gasteiger partial charge in [-0.05, 0) is 48.6 Å². The lowest BCUT2D eigenvalue weighted by Crippen LogP contribution is -2.44. The third-order valence-electron chi connectivity index (χ3n) is 5.00. The van der Waals surface area contributed by atoms with Gasteiger partial charge in [0.1, 0.15) is 5.52 Å². The van der Waals surface area contributed by atoms with E-state index < -0.39 is 0 Å². The summed E-state index contributed by atoms with van der Waals surface area (Å²) in [6.45, 7) is 0.724. The molecular formula is C20H19N3O2. The number of aromatic nitrogens is 1. The monoisotopic (exact) mass is 333 g/mol. The van der Waals surface area contributed by atoms with Crippen LogP contribution in [-0.2, 0) is 17.8 Å². The van der Waals surface area contributed by atoms with Crippen LogP contribution in [0.25, 0.3) is 11.1 Å². The molecule has 1 amide bonds. The van der Waals surface area contributed by atoms with Crippen LogP contribution >= 0.6 is 0 Å². The minimum absolute atomic E-state index is 0.0141. The Morgan fingerprint density at radius 1 is 1.16 bits per heavy atom. The molecule has 2 N–H and O–H groups in total. The van der Waals surface area contributed by atoms with E-state index in [0.29, 0.717) is 12.3 Å². The first-order chi connectivity index (χ1) is 12.3. The van der Waals surface area contributed by atoms with Gasteiger partial charge in [-0.15, -0.1) is 0 Å². The lowest BCUT2D eigenvalue weighted by Gasteiger charge is -2.25. The second-order valence-electron chi connectivity index (χ2n) is 6.90. The van der Waals surface area contributed by atoms with Gasteiger partial charge in [-0.3, -0.25) is 4.79 Å². The molecule has 1 unspecified atom stereocenters. The molecule has 0 saturated heterocycles. The highest BCUT2D eigenvalue weighted by atomic mass is 16.3. The van der Waals surface area contributed by atoms with E-state index in [0.717, 1.165) is 42.1 Å². The molecule has 3 aromatic rings. The molecule has 1 aliphatic carbocycles. The maximum atomic E-state index is 12.6. The zero-order chi connectivity index (χ0) is 16.8. The van der Waals surface area contributed by atoms with E-state index in [-0.39, 0.29) is 11.9 Å². The fraction of sp³-hybridized carbons (Fsp3) is 0.300. The number of hydrogen-bond donors (Lipinski definition) is 2. The minimum atomic E-state index is -0.218. The smallest absolute Gasteiger partial charge is 0.241 e. The van der Waals surface area contributed by atoms with Crippen molar-refractivity contribution in [3.8, 4) is 0 Å². The Morgan fingerprint density at radius 3 is 2.84 bits per heavy atom. The van der Waals surface area contributed by atoms with Crippen LogP contribution < -0.4 is 10.6 Å².